The zero-order valence-corrected chi connectivity index (χ0v) is 13.8. The lowest BCUT2D eigenvalue weighted by Crippen LogP contribution is -2.14. The zero-order valence-electron chi connectivity index (χ0n) is 13.8. The highest BCUT2D eigenvalue weighted by molar-refractivity contribution is 6.02. The van der Waals surface area contributed by atoms with Crippen LogP contribution in [0.3, 0.4) is 0 Å². The van der Waals surface area contributed by atoms with E-state index in [0.717, 1.165) is 18.4 Å². The predicted octanol–water partition coefficient (Wildman–Crippen LogP) is 1.38. The highest BCUT2D eigenvalue weighted by Gasteiger charge is 2.16. The average Bonchev–Trinajstić information content (AvgIpc) is 3.06. The Morgan fingerprint density at radius 3 is 2.72 bits per heavy atom. The van der Waals surface area contributed by atoms with Crippen LogP contribution < -0.4 is 15.8 Å². The topological polar surface area (TPSA) is 112 Å². The Labute approximate surface area is 145 Å². The van der Waals surface area contributed by atoms with Crippen molar-refractivity contribution in [3.63, 3.8) is 0 Å². The third-order valence-corrected chi connectivity index (χ3v) is 3.78. The minimum absolute atomic E-state index is 0.119. The Bertz CT molecular complexity index is 759. The molecule has 1 aliphatic heterocycles. The highest BCUT2D eigenvalue weighted by atomic mass is 16.5. The summed E-state index contributed by atoms with van der Waals surface area (Å²) in [5.41, 5.74) is 7.57. The Kier molecular flexibility index (Phi) is 5.08. The van der Waals surface area contributed by atoms with Crippen LogP contribution in [0.4, 0.5) is 5.69 Å². The van der Waals surface area contributed by atoms with Crippen molar-refractivity contribution >= 4 is 17.6 Å². The first-order valence-electron chi connectivity index (χ1n) is 7.86. The monoisotopic (exact) mass is 341 g/mol. The van der Waals surface area contributed by atoms with Gasteiger partial charge in [0.2, 0.25) is 5.88 Å². The molecule has 130 valence electrons. The second-order valence-corrected chi connectivity index (χ2v) is 5.57. The second kappa shape index (κ2) is 7.61. The van der Waals surface area contributed by atoms with Crippen LogP contribution in [0.1, 0.15) is 22.5 Å². The van der Waals surface area contributed by atoms with E-state index in [-0.39, 0.29) is 23.7 Å². The van der Waals surface area contributed by atoms with E-state index in [9.17, 15) is 4.79 Å². The van der Waals surface area contributed by atoms with Gasteiger partial charge in [0.1, 0.15) is 12.3 Å². The maximum Gasteiger partial charge on any atom is 0.282 e. The Morgan fingerprint density at radius 1 is 1.32 bits per heavy atom. The molecule has 0 bridgehead atoms. The fourth-order valence-electron chi connectivity index (χ4n) is 2.41. The number of aromatic nitrogens is 2. The van der Waals surface area contributed by atoms with Crippen molar-refractivity contribution in [2.45, 2.75) is 18.9 Å². The molecule has 0 saturated heterocycles. The van der Waals surface area contributed by atoms with Gasteiger partial charge in [-0.3, -0.25) is 4.79 Å². The smallest absolute Gasteiger partial charge is 0.282 e. The number of aliphatic imine (C=N–C) groups is 1. The van der Waals surface area contributed by atoms with Crippen LogP contribution in [0.25, 0.3) is 0 Å². The van der Waals surface area contributed by atoms with E-state index in [0.29, 0.717) is 18.2 Å². The van der Waals surface area contributed by atoms with E-state index in [1.807, 2.05) is 24.3 Å². The lowest BCUT2D eigenvalue weighted by molar-refractivity contribution is 0.102. The van der Waals surface area contributed by atoms with Gasteiger partial charge in [0.05, 0.1) is 25.5 Å². The summed E-state index contributed by atoms with van der Waals surface area (Å²) >= 11 is 0. The lowest BCUT2D eigenvalue weighted by atomic mass is 10.1. The number of amides is 1. The number of hydrogen-bond acceptors (Lipinski definition) is 7. The van der Waals surface area contributed by atoms with Crippen molar-refractivity contribution in [3.05, 3.63) is 47.9 Å². The molecule has 1 atom stereocenters. The molecule has 3 N–H and O–H groups in total. The van der Waals surface area contributed by atoms with Crippen molar-refractivity contribution < 1.29 is 14.3 Å². The molecule has 8 nitrogen and oxygen atoms in total. The van der Waals surface area contributed by atoms with Gasteiger partial charge < -0.3 is 20.5 Å². The number of rotatable bonds is 6. The van der Waals surface area contributed by atoms with Crippen molar-refractivity contribution in [1.82, 2.24) is 9.97 Å². The second-order valence-electron chi connectivity index (χ2n) is 5.57. The van der Waals surface area contributed by atoms with Crippen molar-refractivity contribution in [1.29, 1.82) is 0 Å². The molecular weight excluding hydrogens is 322 g/mol. The van der Waals surface area contributed by atoms with Gasteiger partial charge in [0.25, 0.3) is 11.9 Å². The standard InChI is InChI=1S/C17H19N5O3/c1-24-15-9-19-14(8-20-15)16(23)21-12-5-2-11(3-6-12)4-7-13-10-25-17(18)22-13/h2-3,5-6,8-9,13H,4,7,10H2,1H3,(H2,18,22)(H,21,23)/t13-/m0/s1. The maximum atomic E-state index is 12.1. The van der Waals surface area contributed by atoms with Gasteiger partial charge in [-0.05, 0) is 30.5 Å². The summed E-state index contributed by atoms with van der Waals surface area (Å²) < 4.78 is 10.1. The molecule has 8 heteroatoms. The van der Waals surface area contributed by atoms with Gasteiger partial charge in [-0.2, -0.15) is 0 Å². The molecule has 0 fully saturated rings. The van der Waals surface area contributed by atoms with Crippen LogP contribution in [0.15, 0.2) is 41.7 Å². The highest BCUT2D eigenvalue weighted by Crippen LogP contribution is 2.15. The van der Waals surface area contributed by atoms with Crippen molar-refractivity contribution in [3.8, 4) is 5.88 Å². The SMILES string of the molecule is COc1cnc(C(=O)Nc2ccc(CC[C@H]3COC(N)=N3)cc2)cn1. The number of carbonyl (C=O) groups is 1. The number of amidine groups is 1. The van der Waals surface area contributed by atoms with Crippen molar-refractivity contribution in [2.75, 3.05) is 19.0 Å². The molecule has 1 aliphatic rings. The quantitative estimate of drug-likeness (QED) is 0.821. The van der Waals surface area contributed by atoms with E-state index in [1.54, 1.807) is 0 Å². The molecular formula is C17H19N5O3. The third kappa shape index (κ3) is 4.43. The van der Waals surface area contributed by atoms with E-state index in [1.165, 1.54) is 19.5 Å². The summed E-state index contributed by atoms with van der Waals surface area (Å²) in [6.07, 6.45) is 4.51. The Morgan fingerprint density at radius 2 is 2.12 bits per heavy atom. The van der Waals surface area contributed by atoms with E-state index in [4.69, 9.17) is 15.2 Å². The van der Waals surface area contributed by atoms with Crippen molar-refractivity contribution in [2.24, 2.45) is 10.7 Å². The predicted molar refractivity (Wildman–Crippen MR) is 92.7 cm³/mol. The fourth-order valence-corrected chi connectivity index (χ4v) is 2.41. The van der Waals surface area contributed by atoms with Crippen LogP contribution in [-0.4, -0.2) is 41.7 Å². The number of aryl methyl sites for hydroxylation is 1. The number of nitrogens with one attached hydrogen (secondary N) is 1. The number of ether oxygens (including phenoxy) is 2. The number of benzene rings is 1. The number of nitrogens with two attached hydrogens (primary N) is 1. The van der Waals surface area contributed by atoms with Gasteiger partial charge in [-0.15, -0.1) is 0 Å². The summed E-state index contributed by atoms with van der Waals surface area (Å²) in [7, 11) is 1.49. The first-order chi connectivity index (χ1) is 12.1. The minimum Gasteiger partial charge on any atom is -0.480 e. The molecule has 0 unspecified atom stereocenters. The molecule has 0 saturated carbocycles. The summed E-state index contributed by atoms with van der Waals surface area (Å²) in [5.74, 6) is 0.0375. The normalized spacial score (nSPS) is 16.0. The molecule has 0 radical (unpaired) electrons. The Balaban J connectivity index is 1.53. The summed E-state index contributed by atoms with van der Waals surface area (Å²) in [4.78, 5) is 24.3. The van der Waals surface area contributed by atoms with Crippen LogP contribution in [0.5, 0.6) is 5.88 Å². The number of anilines is 1. The summed E-state index contributed by atoms with van der Waals surface area (Å²) in [6, 6.07) is 8.04. The van der Waals surface area contributed by atoms with Crippen LogP contribution in [0.2, 0.25) is 0 Å². The average molecular weight is 341 g/mol. The molecule has 0 spiro atoms. The van der Waals surface area contributed by atoms with Gasteiger partial charge in [-0.25, -0.2) is 15.0 Å². The molecule has 1 amide bonds. The molecule has 25 heavy (non-hydrogen) atoms. The number of hydrogen-bond donors (Lipinski definition) is 2. The third-order valence-electron chi connectivity index (χ3n) is 3.78. The largest absolute Gasteiger partial charge is 0.480 e. The van der Waals surface area contributed by atoms with Gasteiger partial charge in [0.15, 0.2) is 0 Å². The first kappa shape index (κ1) is 16.7. The number of carbonyl (C=O) groups excluding carboxylic acids is 1. The number of nitrogens with zero attached hydrogens (tertiary/aromatic N) is 3. The molecule has 1 aromatic carbocycles. The van der Waals surface area contributed by atoms with Gasteiger partial charge in [0, 0.05) is 5.69 Å². The molecule has 2 heterocycles. The molecule has 0 aliphatic carbocycles. The zero-order chi connectivity index (χ0) is 17.6. The minimum atomic E-state index is -0.323. The van der Waals surface area contributed by atoms with Crippen LogP contribution in [0, 0.1) is 0 Å². The van der Waals surface area contributed by atoms with Crippen LogP contribution >= 0.6 is 0 Å². The lowest BCUT2D eigenvalue weighted by Gasteiger charge is -2.08. The fraction of sp³-hybridized carbons (Fsp3) is 0.294. The van der Waals surface area contributed by atoms with Gasteiger partial charge in [-0.1, -0.05) is 12.1 Å². The molecule has 2 aromatic rings. The first-order valence-corrected chi connectivity index (χ1v) is 7.86. The molecule has 3 rings (SSSR count). The van der Waals surface area contributed by atoms with E-state index >= 15 is 0 Å². The Hall–Kier alpha value is -3.16. The van der Waals surface area contributed by atoms with E-state index in [2.05, 4.69) is 20.3 Å². The summed E-state index contributed by atoms with van der Waals surface area (Å²) in [6.45, 7) is 0.545. The van der Waals surface area contributed by atoms with Gasteiger partial charge >= 0.3 is 0 Å². The molecule has 1 aromatic heterocycles. The maximum absolute atomic E-state index is 12.1. The van der Waals surface area contributed by atoms with Crippen LogP contribution in [-0.2, 0) is 11.2 Å². The van der Waals surface area contributed by atoms with E-state index < -0.39 is 0 Å². The summed E-state index contributed by atoms with van der Waals surface area (Å²) in [5, 5.41) is 2.79. The number of methoxy groups -OCH3 is 1.